The van der Waals surface area contributed by atoms with Crippen LogP contribution in [-0.4, -0.2) is 19.3 Å². The van der Waals surface area contributed by atoms with Crippen LogP contribution >= 0.6 is 12.2 Å². The van der Waals surface area contributed by atoms with Crippen LogP contribution in [0.4, 0.5) is 4.39 Å². The van der Waals surface area contributed by atoms with Gasteiger partial charge in [-0.05, 0) is 31.3 Å². The normalized spacial score (nSPS) is 11.2. The number of aryl methyl sites for hydroxylation is 1. The Morgan fingerprint density at radius 1 is 1.39 bits per heavy atom. The summed E-state index contributed by atoms with van der Waals surface area (Å²) in [6.45, 7) is 2.79. The second-order valence-electron chi connectivity index (χ2n) is 3.93. The zero-order chi connectivity index (χ0) is 12.7. The van der Waals surface area contributed by atoms with E-state index in [0.29, 0.717) is 21.6 Å². The van der Waals surface area contributed by atoms with Crippen molar-refractivity contribution in [1.82, 2.24) is 19.3 Å². The Morgan fingerprint density at radius 3 is 2.94 bits per heavy atom. The third-order valence-electron chi connectivity index (χ3n) is 2.85. The van der Waals surface area contributed by atoms with Gasteiger partial charge in [0.05, 0.1) is 5.52 Å². The fraction of sp³-hybridized carbons (Fsp3) is 0.167. The summed E-state index contributed by atoms with van der Waals surface area (Å²) in [5.74, 6) is 0.381. The summed E-state index contributed by atoms with van der Waals surface area (Å²) in [6, 6.07) is 6.74. The average Bonchev–Trinajstić information content (AvgIpc) is 2.93. The zero-order valence-corrected chi connectivity index (χ0v) is 10.5. The number of rotatable bonds is 2. The summed E-state index contributed by atoms with van der Waals surface area (Å²) in [4.78, 5) is 2.87. The molecule has 0 aliphatic heterocycles. The number of halogens is 1. The number of hydrogen-bond donors (Lipinski definition) is 1. The monoisotopic (exact) mass is 262 g/mol. The standard InChI is InChI=1S/C12H11FN4S/c1-2-16-7-6-10(15-16)17-9-5-3-4-8(13)11(9)14-12(17)18/h3-7H,2H2,1H3,(H,14,18). The van der Waals surface area contributed by atoms with Gasteiger partial charge in [0.25, 0.3) is 0 Å². The number of aromatic nitrogens is 4. The third-order valence-corrected chi connectivity index (χ3v) is 3.13. The summed E-state index contributed by atoms with van der Waals surface area (Å²) in [5.41, 5.74) is 1.11. The van der Waals surface area contributed by atoms with E-state index in [4.69, 9.17) is 12.2 Å². The van der Waals surface area contributed by atoms with Gasteiger partial charge >= 0.3 is 0 Å². The molecule has 0 amide bonds. The maximum absolute atomic E-state index is 13.7. The molecule has 0 saturated carbocycles. The molecule has 2 heterocycles. The number of nitrogens with zero attached hydrogens (tertiary/aromatic N) is 3. The lowest BCUT2D eigenvalue weighted by Gasteiger charge is -2.00. The second kappa shape index (κ2) is 4.06. The number of aromatic amines is 1. The van der Waals surface area contributed by atoms with Gasteiger partial charge in [0.1, 0.15) is 11.3 Å². The Bertz CT molecular complexity index is 768. The van der Waals surface area contributed by atoms with E-state index in [1.165, 1.54) is 6.07 Å². The van der Waals surface area contributed by atoms with Crippen molar-refractivity contribution in [2.75, 3.05) is 0 Å². The predicted octanol–water partition coefficient (Wildman–Crippen LogP) is 3.04. The van der Waals surface area contributed by atoms with E-state index in [-0.39, 0.29) is 5.82 Å². The van der Waals surface area contributed by atoms with Crippen molar-refractivity contribution in [2.45, 2.75) is 13.5 Å². The van der Waals surface area contributed by atoms with Gasteiger partial charge in [-0.1, -0.05) is 6.07 Å². The molecule has 0 fully saturated rings. The number of hydrogen-bond acceptors (Lipinski definition) is 2. The van der Waals surface area contributed by atoms with E-state index < -0.39 is 0 Å². The highest BCUT2D eigenvalue weighted by Crippen LogP contribution is 2.20. The van der Waals surface area contributed by atoms with Crippen LogP contribution in [0.15, 0.2) is 30.5 Å². The number of fused-ring (bicyclic) bond motifs is 1. The largest absolute Gasteiger partial charge is 0.328 e. The summed E-state index contributed by atoms with van der Waals surface area (Å²) >= 11 is 5.23. The van der Waals surface area contributed by atoms with Crippen LogP contribution in [0, 0.1) is 10.6 Å². The number of nitrogens with one attached hydrogen (secondary N) is 1. The second-order valence-corrected chi connectivity index (χ2v) is 4.32. The van der Waals surface area contributed by atoms with Gasteiger partial charge in [0.15, 0.2) is 10.6 Å². The summed E-state index contributed by atoms with van der Waals surface area (Å²) in [7, 11) is 0. The van der Waals surface area contributed by atoms with E-state index in [1.54, 1.807) is 15.3 Å². The van der Waals surface area contributed by atoms with Crippen molar-refractivity contribution in [2.24, 2.45) is 0 Å². The van der Waals surface area contributed by atoms with Crippen molar-refractivity contribution in [3.05, 3.63) is 41.1 Å². The molecule has 1 aromatic carbocycles. The minimum Gasteiger partial charge on any atom is -0.328 e. The molecule has 3 rings (SSSR count). The number of para-hydroxylation sites is 1. The molecular weight excluding hydrogens is 251 g/mol. The lowest BCUT2D eigenvalue weighted by molar-refractivity contribution is 0.637. The van der Waals surface area contributed by atoms with Crippen molar-refractivity contribution < 1.29 is 4.39 Å². The first kappa shape index (κ1) is 11.2. The molecular formula is C12H11FN4S. The van der Waals surface area contributed by atoms with E-state index in [0.717, 1.165) is 6.54 Å². The molecule has 2 aromatic heterocycles. The van der Waals surface area contributed by atoms with E-state index >= 15 is 0 Å². The van der Waals surface area contributed by atoms with Crippen molar-refractivity contribution in [3.8, 4) is 5.82 Å². The molecule has 4 nitrogen and oxygen atoms in total. The van der Waals surface area contributed by atoms with Crippen molar-refractivity contribution >= 4 is 23.3 Å². The summed E-state index contributed by atoms with van der Waals surface area (Å²) in [5, 5.41) is 4.38. The summed E-state index contributed by atoms with van der Waals surface area (Å²) < 4.78 is 17.6. The SMILES string of the molecule is CCn1ccc(-n2c(=S)[nH]c3c(F)cccc32)n1. The molecule has 18 heavy (non-hydrogen) atoms. The maximum Gasteiger partial charge on any atom is 0.184 e. The molecule has 0 atom stereocenters. The predicted molar refractivity (Wildman–Crippen MR) is 69.9 cm³/mol. The molecule has 3 aromatic rings. The molecule has 0 unspecified atom stereocenters. The smallest absolute Gasteiger partial charge is 0.184 e. The van der Waals surface area contributed by atoms with Gasteiger partial charge < -0.3 is 4.98 Å². The van der Waals surface area contributed by atoms with E-state index in [9.17, 15) is 4.39 Å². The first-order valence-electron chi connectivity index (χ1n) is 5.64. The van der Waals surface area contributed by atoms with Gasteiger partial charge in [0, 0.05) is 18.8 Å². The van der Waals surface area contributed by atoms with Crippen LogP contribution in [0.2, 0.25) is 0 Å². The van der Waals surface area contributed by atoms with Crippen LogP contribution in [0.25, 0.3) is 16.9 Å². The van der Waals surface area contributed by atoms with Crippen LogP contribution in [0.5, 0.6) is 0 Å². The van der Waals surface area contributed by atoms with Gasteiger partial charge in [-0.15, -0.1) is 0 Å². The lowest BCUT2D eigenvalue weighted by Crippen LogP contribution is -1.99. The molecule has 0 radical (unpaired) electrons. The van der Waals surface area contributed by atoms with Crippen LogP contribution in [0.1, 0.15) is 6.92 Å². The molecule has 0 aliphatic carbocycles. The Labute approximate surface area is 108 Å². The molecule has 0 spiro atoms. The highest BCUT2D eigenvalue weighted by Gasteiger charge is 2.11. The maximum atomic E-state index is 13.7. The van der Waals surface area contributed by atoms with Crippen molar-refractivity contribution in [1.29, 1.82) is 0 Å². The van der Waals surface area contributed by atoms with Gasteiger partial charge in [-0.25, -0.2) is 4.39 Å². The van der Waals surface area contributed by atoms with E-state index in [2.05, 4.69) is 10.1 Å². The molecule has 0 bridgehead atoms. The third kappa shape index (κ3) is 1.57. The fourth-order valence-electron chi connectivity index (χ4n) is 1.97. The first-order valence-corrected chi connectivity index (χ1v) is 6.04. The zero-order valence-electron chi connectivity index (χ0n) is 9.72. The average molecular weight is 262 g/mol. The fourth-order valence-corrected chi connectivity index (χ4v) is 2.26. The highest BCUT2D eigenvalue weighted by molar-refractivity contribution is 7.71. The van der Waals surface area contributed by atoms with Gasteiger partial charge in [-0.2, -0.15) is 5.10 Å². The molecule has 0 aliphatic rings. The first-order chi connectivity index (χ1) is 8.70. The molecule has 1 N–H and O–H groups in total. The van der Waals surface area contributed by atoms with Crippen LogP contribution < -0.4 is 0 Å². The molecule has 92 valence electrons. The number of benzene rings is 1. The van der Waals surface area contributed by atoms with Gasteiger partial charge in [-0.3, -0.25) is 9.25 Å². The molecule has 6 heteroatoms. The minimum absolute atomic E-state index is 0.313. The van der Waals surface area contributed by atoms with Crippen LogP contribution in [0.3, 0.4) is 0 Å². The Kier molecular flexibility index (Phi) is 2.52. The Balaban J connectivity index is 2.32. The Morgan fingerprint density at radius 2 is 2.22 bits per heavy atom. The van der Waals surface area contributed by atoms with Crippen LogP contribution in [-0.2, 0) is 6.54 Å². The minimum atomic E-state index is -0.313. The topological polar surface area (TPSA) is 38.5 Å². The number of H-pyrrole nitrogens is 1. The van der Waals surface area contributed by atoms with Crippen molar-refractivity contribution in [3.63, 3.8) is 0 Å². The lowest BCUT2D eigenvalue weighted by atomic mass is 10.3. The van der Waals surface area contributed by atoms with E-state index in [1.807, 2.05) is 25.3 Å². The quantitative estimate of drug-likeness (QED) is 0.721. The highest BCUT2D eigenvalue weighted by atomic mass is 32.1. The Hall–Kier alpha value is -1.95. The van der Waals surface area contributed by atoms with Gasteiger partial charge in [0.2, 0.25) is 0 Å². The molecule has 0 saturated heterocycles. The number of imidazole rings is 1. The summed E-state index contributed by atoms with van der Waals surface area (Å²) in [6.07, 6.45) is 1.87.